The van der Waals surface area contributed by atoms with Crippen LogP contribution >= 0.6 is 0 Å². The Labute approximate surface area is 215 Å². The summed E-state index contributed by atoms with van der Waals surface area (Å²) in [6.07, 6.45) is 3.39. The third-order valence-electron chi connectivity index (χ3n) is 7.28. The Morgan fingerprint density at radius 2 is 1.76 bits per heavy atom. The van der Waals surface area contributed by atoms with Gasteiger partial charge in [0.2, 0.25) is 5.91 Å². The van der Waals surface area contributed by atoms with Gasteiger partial charge in [0.25, 0.3) is 5.91 Å². The van der Waals surface area contributed by atoms with Crippen LogP contribution in [0.4, 0.5) is 10.1 Å². The van der Waals surface area contributed by atoms with Crippen molar-refractivity contribution in [2.75, 3.05) is 38.6 Å². The molecule has 0 spiro atoms. The van der Waals surface area contributed by atoms with Crippen molar-refractivity contribution in [3.05, 3.63) is 77.7 Å². The van der Waals surface area contributed by atoms with Crippen LogP contribution in [0.2, 0.25) is 0 Å². The molecule has 1 aliphatic heterocycles. The molecule has 0 saturated carbocycles. The average Bonchev–Trinajstić information content (AvgIpc) is 3.30. The summed E-state index contributed by atoms with van der Waals surface area (Å²) in [6, 6.07) is 16.2. The van der Waals surface area contributed by atoms with Crippen molar-refractivity contribution in [1.82, 2.24) is 20.9 Å². The maximum absolute atomic E-state index is 13.7. The van der Waals surface area contributed by atoms with Crippen LogP contribution in [0.25, 0.3) is 21.7 Å². The number of aromatic nitrogens is 1. The Morgan fingerprint density at radius 3 is 2.51 bits per heavy atom. The predicted octanol–water partition coefficient (Wildman–Crippen LogP) is 3.74. The lowest BCUT2D eigenvalue weighted by molar-refractivity contribution is -0.128. The van der Waals surface area contributed by atoms with E-state index in [0.29, 0.717) is 44.5 Å². The summed E-state index contributed by atoms with van der Waals surface area (Å²) in [7, 11) is 3.95. The minimum atomic E-state index is -1.00. The minimum absolute atomic E-state index is 0.192. The number of nitrogens with zero attached hydrogens (tertiary/aromatic N) is 1. The standard InChI is InChI=1S/C29H32FN5O2/c1-35(2)26-10-8-23(21-5-3-4-6-22(21)26)27(36)34-29(12-15-31-16-13-29)28(37)32-14-11-19-18-33-25-9-7-20(30)17-24(19)25/h3-10,17-18,31,33H,11-16H2,1-2H3,(H,32,37)(H,34,36). The maximum Gasteiger partial charge on any atom is 0.252 e. The number of hydrogen-bond donors (Lipinski definition) is 4. The normalized spacial score (nSPS) is 15.0. The van der Waals surface area contributed by atoms with Gasteiger partial charge in [0.15, 0.2) is 0 Å². The molecular formula is C29H32FN5O2. The zero-order valence-corrected chi connectivity index (χ0v) is 21.2. The fourth-order valence-corrected chi connectivity index (χ4v) is 5.26. The highest BCUT2D eigenvalue weighted by molar-refractivity contribution is 6.11. The molecule has 2 amide bonds. The van der Waals surface area contributed by atoms with Gasteiger partial charge in [-0.1, -0.05) is 24.3 Å². The van der Waals surface area contributed by atoms with Crippen molar-refractivity contribution in [1.29, 1.82) is 0 Å². The molecule has 2 heterocycles. The van der Waals surface area contributed by atoms with Crippen molar-refractivity contribution in [2.24, 2.45) is 0 Å². The topological polar surface area (TPSA) is 89.3 Å². The number of anilines is 1. The first-order chi connectivity index (χ1) is 17.9. The van der Waals surface area contributed by atoms with Gasteiger partial charge in [0.1, 0.15) is 11.4 Å². The predicted molar refractivity (Wildman–Crippen MR) is 146 cm³/mol. The highest BCUT2D eigenvalue weighted by Crippen LogP contribution is 2.29. The van der Waals surface area contributed by atoms with Gasteiger partial charge in [-0.15, -0.1) is 0 Å². The fraction of sp³-hybridized carbons (Fsp3) is 0.310. The SMILES string of the molecule is CN(C)c1ccc(C(=O)NC2(C(=O)NCCc3c[nH]c4ccc(F)cc34)CCNCC2)c2ccccc12. The summed E-state index contributed by atoms with van der Waals surface area (Å²) in [5.74, 6) is -0.742. The zero-order valence-electron chi connectivity index (χ0n) is 21.2. The molecule has 7 nitrogen and oxygen atoms in total. The van der Waals surface area contributed by atoms with Crippen LogP contribution in [0.15, 0.2) is 60.8 Å². The van der Waals surface area contributed by atoms with Gasteiger partial charge >= 0.3 is 0 Å². The number of carbonyl (C=O) groups is 2. The number of benzene rings is 3. The van der Waals surface area contributed by atoms with E-state index in [9.17, 15) is 14.0 Å². The summed E-state index contributed by atoms with van der Waals surface area (Å²) in [5, 5.41) is 12.1. The molecular weight excluding hydrogens is 469 g/mol. The van der Waals surface area contributed by atoms with Crippen LogP contribution in [0.5, 0.6) is 0 Å². The van der Waals surface area contributed by atoms with E-state index in [-0.39, 0.29) is 17.6 Å². The van der Waals surface area contributed by atoms with Crippen LogP contribution in [-0.4, -0.2) is 56.1 Å². The van der Waals surface area contributed by atoms with Crippen LogP contribution in [0.3, 0.4) is 0 Å². The molecule has 8 heteroatoms. The summed E-state index contributed by atoms with van der Waals surface area (Å²) >= 11 is 0. The highest BCUT2D eigenvalue weighted by atomic mass is 19.1. The number of hydrogen-bond acceptors (Lipinski definition) is 4. The second kappa shape index (κ2) is 10.2. The average molecular weight is 502 g/mol. The van der Waals surface area contributed by atoms with E-state index in [1.54, 1.807) is 6.07 Å². The molecule has 0 unspecified atom stereocenters. The first-order valence-corrected chi connectivity index (χ1v) is 12.6. The van der Waals surface area contributed by atoms with E-state index in [1.165, 1.54) is 12.1 Å². The van der Waals surface area contributed by atoms with Gasteiger partial charge in [-0.25, -0.2) is 4.39 Å². The number of fused-ring (bicyclic) bond motifs is 2. The lowest BCUT2D eigenvalue weighted by Crippen LogP contribution is -2.63. The van der Waals surface area contributed by atoms with E-state index >= 15 is 0 Å². The largest absolute Gasteiger partial charge is 0.377 e. The number of piperidine rings is 1. The molecule has 1 fully saturated rings. The molecule has 0 atom stereocenters. The van der Waals surface area contributed by atoms with Crippen molar-refractivity contribution in [2.45, 2.75) is 24.8 Å². The second-order valence-corrected chi connectivity index (χ2v) is 9.87. The number of aromatic amines is 1. The molecule has 0 aliphatic carbocycles. The van der Waals surface area contributed by atoms with Crippen LogP contribution in [0, 0.1) is 5.82 Å². The molecule has 0 radical (unpaired) electrons. The van der Waals surface area contributed by atoms with Crippen molar-refractivity contribution in [3.63, 3.8) is 0 Å². The Kier molecular flexibility index (Phi) is 6.84. The van der Waals surface area contributed by atoms with Gasteiger partial charge in [-0.05, 0) is 73.6 Å². The molecule has 1 aliphatic rings. The molecule has 4 aromatic rings. The monoisotopic (exact) mass is 501 g/mol. The van der Waals surface area contributed by atoms with Gasteiger partial charge in [0, 0.05) is 54.4 Å². The van der Waals surface area contributed by atoms with Crippen LogP contribution < -0.4 is 20.9 Å². The zero-order chi connectivity index (χ0) is 26.0. The Balaban J connectivity index is 1.34. The molecule has 1 saturated heterocycles. The number of H-pyrrole nitrogens is 1. The molecule has 0 bridgehead atoms. The third-order valence-corrected chi connectivity index (χ3v) is 7.28. The summed E-state index contributed by atoms with van der Waals surface area (Å²) in [5.41, 5.74) is 2.37. The van der Waals surface area contributed by atoms with Crippen molar-refractivity contribution < 1.29 is 14.0 Å². The molecule has 3 aromatic carbocycles. The number of amides is 2. The van der Waals surface area contributed by atoms with Gasteiger partial charge < -0.3 is 25.8 Å². The van der Waals surface area contributed by atoms with E-state index in [4.69, 9.17) is 0 Å². The van der Waals surface area contributed by atoms with Gasteiger partial charge in [0.05, 0.1) is 0 Å². The molecule has 5 rings (SSSR count). The Hall–Kier alpha value is -3.91. The molecule has 37 heavy (non-hydrogen) atoms. The first kappa shape index (κ1) is 24.8. The Morgan fingerprint density at radius 1 is 1.00 bits per heavy atom. The second-order valence-electron chi connectivity index (χ2n) is 9.87. The van der Waals surface area contributed by atoms with Gasteiger partial charge in [-0.2, -0.15) is 0 Å². The van der Waals surface area contributed by atoms with Crippen molar-refractivity contribution >= 4 is 39.2 Å². The minimum Gasteiger partial charge on any atom is -0.377 e. The number of halogens is 1. The fourth-order valence-electron chi connectivity index (χ4n) is 5.26. The van der Waals surface area contributed by atoms with E-state index in [2.05, 4.69) is 20.9 Å². The summed E-state index contributed by atoms with van der Waals surface area (Å²) in [6.45, 7) is 1.65. The van der Waals surface area contributed by atoms with E-state index in [0.717, 1.165) is 32.9 Å². The number of nitrogens with one attached hydrogen (secondary N) is 4. The molecule has 1 aromatic heterocycles. The summed E-state index contributed by atoms with van der Waals surface area (Å²) in [4.78, 5) is 32.3. The Bertz CT molecular complexity index is 1460. The van der Waals surface area contributed by atoms with Crippen molar-refractivity contribution in [3.8, 4) is 0 Å². The molecule has 4 N–H and O–H groups in total. The summed E-state index contributed by atoms with van der Waals surface area (Å²) < 4.78 is 13.7. The number of carbonyl (C=O) groups excluding carboxylic acids is 2. The lowest BCUT2D eigenvalue weighted by atomic mass is 9.86. The van der Waals surface area contributed by atoms with Crippen LogP contribution in [0.1, 0.15) is 28.8 Å². The smallest absolute Gasteiger partial charge is 0.252 e. The third kappa shape index (κ3) is 4.89. The number of rotatable bonds is 7. The first-order valence-electron chi connectivity index (χ1n) is 12.6. The maximum atomic E-state index is 13.7. The highest BCUT2D eigenvalue weighted by Gasteiger charge is 2.41. The van der Waals surface area contributed by atoms with Crippen LogP contribution in [-0.2, 0) is 11.2 Å². The van der Waals surface area contributed by atoms with E-state index in [1.807, 2.05) is 61.6 Å². The lowest BCUT2D eigenvalue weighted by Gasteiger charge is -2.37. The quantitative estimate of drug-likeness (QED) is 0.311. The van der Waals surface area contributed by atoms with Gasteiger partial charge in [-0.3, -0.25) is 9.59 Å². The van der Waals surface area contributed by atoms with E-state index < -0.39 is 5.54 Å². The molecule has 192 valence electrons.